The maximum absolute atomic E-state index is 12.2. The number of amides is 1. The fourth-order valence-corrected chi connectivity index (χ4v) is 2.51. The number of hydrogen-bond acceptors (Lipinski definition) is 3. The van der Waals surface area contributed by atoms with Crippen molar-refractivity contribution >= 4 is 34.9 Å². The Hall–Kier alpha value is -2.04. The maximum Gasteiger partial charge on any atom is 0.217 e. The zero-order valence-electron chi connectivity index (χ0n) is 13.3. The fraction of sp³-hybridized carbons (Fsp3) is 0.222. The van der Waals surface area contributed by atoms with E-state index in [1.165, 1.54) is 6.92 Å². The largest absolute Gasteiger partial charge is 0.484 e. The van der Waals surface area contributed by atoms with Gasteiger partial charge in [0.2, 0.25) is 5.91 Å². The maximum atomic E-state index is 12.2. The van der Waals surface area contributed by atoms with E-state index in [1.54, 1.807) is 42.5 Å². The zero-order valence-corrected chi connectivity index (χ0v) is 14.8. The highest BCUT2D eigenvalue weighted by Crippen LogP contribution is 2.31. The number of Topliss-reactive ketones (excluding diaryl/α,β-unsaturated/α-hetero) is 1. The number of benzene rings is 2. The van der Waals surface area contributed by atoms with Crippen molar-refractivity contribution in [2.24, 2.45) is 0 Å². The molecular weight excluding hydrogens is 349 g/mol. The van der Waals surface area contributed by atoms with Crippen molar-refractivity contribution in [2.75, 3.05) is 6.61 Å². The first-order chi connectivity index (χ1) is 11.4. The lowest BCUT2D eigenvalue weighted by Gasteiger charge is -2.13. The number of ketones is 1. The molecule has 1 amide bonds. The van der Waals surface area contributed by atoms with Gasteiger partial charge in [-0.15, -0.1) is 0 Å². The first-order valence-corrected chi connectivity index (χ1v) is 8.11. The van der Waals surface area contributed by atoms with Crippen LogP contribution in [0.15, 0.2) is 42.5 Å². The van der Waals surface area contributed by atoms with Crippen LogP contribution >= 0.6 is 23.2 Å². The molecule has 0 radical (unpaired) electrons. The van der Waals surface area contributed by atoms with Crippen LogP contribution in [-0.4, -0.2) is 18.3 Å². The van der Waals surface area contributed by atoms with E-state index >= 15 is 0 Å². The molecule has 2 aromatic rings. The van der Waals surface area contributed by atoms with Gasteiger partial charge in [-0.1, -0.05) is 53.5 Å². The molecule has 2 aromatic carbocycles. The molecule has 4 nitrogen and oxygen atoms in total. The molecule has 0 heterocycles. The summed E-state index contributed by atoms with van der Waals surface area (Å²) in [5, 5.41) is 3.45. The van der Waals surface area contributed by atoms with E-state index in [9.17, 15) is 9.59 Å². The van der Waals surface area contributed by atoms with Gasteiger partial charge in [0.05, 0.1) is 11.1 Å². The molecular formula is C18H17Cl2NO3. The predicted molar refractivity (Wildman–Crippen MR) is 95.0 cm³/mol. The van der Waals surface area contributed by atoms with Crippen molar-refractivity contribution in [2.45, 2.75) is 19.9 Å². The van der Waals surface area contributed by atoms with Gasteiger partial charge in [-0.3, -0.25) is 9.59 Å². The number of carbonyl (C=O) groups excluding carboxylic acids is 2. The fourth-order valence-electron chi connectivity index (χ4n) is 2.17. The predicted octanol–water partition coefficient (Wildman–Crippen LogP) is 4.45. The Morgan fingerprint density at radius 2 is 1.79 bits per heavy atom. The Morgan fingerprint density at radius 1 is 1.12 bits per heavy atom. The minimum absolute atomic E-state index is 0.102. The Kier molecular flexibility index (Phi) is 6.23. The summed E-state index contributed by atoms with van der Waals surface area (Å²) in [6.07, 6.45) is 0. The Morgan fingerprint density at radius 3 is 2.42 bits per heavy atom. The molecule has 0 aliphatic heterocycles. The van der Waals surface area contributed by atoms with Crippen molar-refractivity contribution in [3.63, 3.8) is 0 Å². The van der Waals surface area contributed by atoms with Crippen molar-refractivity contribution in [1.29, 1.82) is 0 Å². The summed E-state index contributed by atoms with van der Waals surface area (Å²) in [6, 6.07) is 11.9. The third-order valence-corrected chi connectivity index (χ3v) is 4.23. The summed E-state index contributed by atoms with van der Waals surface area (Å²) in [5.41, 5.74) is 1.44. The van der Waals surface area contributed by atoms with Gasteiger partial charge < -0.3 is 10.1 Å². The van der Waals surface area contributed by atoms with Crippen LogP contribution < -0.4 is 10.1 Å². The van der Waals surface area contributed by atoms with Crippen LogP contribution in [0.3, 0.4) is 0 Å². The van der Waals surface area contributed by atoms with E-state index in [1.807, 2.05) is 6.92 Å². The van der Waals surface area contributed by atoms with Gasteiger partial charge in [-0.25, -0.2) is 0 Å². The quantitative estimate of drug-likeness (QED) is 0.769. The number of rotatable bonds is 6. The van der Waals surface area contributed by atoms with Crippen molar-refractivity contribution in [3.05, 3.63) is 63.6 Å². The summed E-state index contributed by atoms with van der Waals surface area (Å²) in [4.78, 5) is 23.3. The summed E-state index contributed by atoms with van der Waals surface area (Å²) < 4.78 is 5.44. The minimum Gasteiger partial charge on any atom is -0.484 e. The topological polar surface area (TPSA) is 55.4 Å². The van der Waals surface area contributed by atoms with Gasteiger partial charge in [0.25, 0.3) is 0 Å². The monoisotopic (exact) mass is 365 g/mol. The van der Waals surface area contributed by atoms with Gasteiger partial charge in [0.1, 0.15) is 10.8 Å². The average molecular weight is 366 g/mol. The number of nitrogens with one attached hydrogen (secondary N) is 1. The molecule has 0 saturated heterocycles. The molecule has 6 heteroatoms. The third kappa shape index (κ3) is 4.73. The molecule has 24 heavy (non-hydrogen) atoms. The van der Waals surface area contributed by atoms with Crippen LogP contribution in [0.2, 0.25) is 10.0 Å². The van der Waals surface area contributed by atoms with E-state index in [4.69, 9.17) is 27.9 Å². The van der Waals surface area contributed by atoms with Crippen molar-refractivity contribution in [3.8, 4) is 5.75 Å². The molecule has 0 aromatic heterocycles. The standard InChI is InChI=1S/C18H17Cl2NO3/c1-11(21-12(2)22)13-6-8-14(9-7-13)16(23)10-24-17-5-3-4-15(19)18(17)20/h3-9,11H,10H2,1-2H3,(H,21,22)/t11-/m1/s1. The molecule has 1 atom stereocenters. The summed E-state index contributed by atoms with van der Waals surface area (Å²) in [5.74, 6) is 0.0904. The van der Waals surface area contributed by atoms with Crippen molar-refractivity contribution in [1.82, 2.24) is 5.32 Å². The summed E-state index contributed by atoms with van der Waals surface area (Å²) in [7, 11) is 0. The average Bonchev–Trinajstić information content (AvgIpc) is 2.55. The van der Waals surface area contributed by atoms with Gasteiger partial charge in [-0.2, -0.15) is 0 Å². The molecule has 0 aliphatic carbocycles. The highest BCUT2D eigenvalue weighted by molar-refractivity contribution is 6.42. The second-order valence-corrected chi connectivity index (χ2v) is 6.09. The Bertz CT molecular complexity index is 744. The van der Waals surface area contributed by atoms with Crippen LogP contribution in [0.5, 0.6) is 5.75 Å². The van der Waals surface area contributed by atoms with Crippen LogP contribution in [0.4, 0.5) is 0 Å². The van der Waals surface area contributed by atoms with Gasteiger partial charge in [0.15, 0.2) is 12.4 Å². The molecule has 0 bridgehead atoms. The third-order valence-electron chi connectivity index (χ3n) is 3.43. The SMILES string of the molecule is CC(=O)N[C@H](C)c1ccc(C(=O)COc2cccc(Cl)c2Cl)cc1. The van der Waals surface area contributed by atoms with E-state index in [-0.39, 0.29) is 29.4 Å². The molecule has 0 aliphatic rings. The molecule has 0 fully saturated rings. The molecule has 126 valence electrons. The molecule has 2 rings (SSSR count). The lowest BCUT2D eigenvalue weighted by molar-refractivity contribution is -0.119. The minimum atomic E-state index is -0.176. The van der Waals surface area contributed by atoms with Crippen molar-refractivity contribution < 1.29 is 14.3 Å². The van der Waals surface area contributed by atoms with Crippen LogP contribution in [-0.2, 0) is 4.79 Å². The van der Waals surface area contributed by atoms with Gasteiger partial charge in [-0.05, 0) is 24.6 Å². The number of carbonyl (C=O) groups is 2. The molecule has 0 spiro atoms. The second kappa shape index (κ2) is 8.18. The Balaban J connectivity index is 2.00. The molecule has 1 N–H and O–H groups in total. The van der Waals surface area contributed by atoms with Crippen LogP contribution in [0.25, 0.3) is 0 Å². The first kappa shape index (κ1) is 18.3. The van der Waals surface area contributed by atoms with Gasteiger partial charge in [0, 0.05) is 12.5 Å². The van der Waals surface area contributed by atoms with E-state index in [0.29, 0.717) is 16.3 Å². The lowest BCUT2D eigenvalue weighted by atomic mass is 10.0. The number of hydrogen-bond donors (Lipinski definition) is 1. The number of ether oxygens (including phenoxy) is 1. The highest BCUT2D eigenvalue weighted by atomic mass is 35.5. The van der Waals surface area contributed by atoms with E-state index in [0.717, 1.165) is 5.56 Å². The zero-order chi connectivity index (χ0) is 17.7. The second-order valence-electron chi connectivity index (χ2n) is 5.31. The molecule has 0 saturated carbocycles. The van der Waals surface area contributed by atoms with Gasteiger partial charge >= 0.3 is 0 Å². The first-order valence-electron chi connectivity index (χ1n) is 7.35. The van der Waals surface area contributed by atoms with E-state index in [2.05, 4.69) is 5.32 Å². The highest BCUT2D eigenvalue weighted by Gasteiger charge is 2.12. The summed E-state index contributed by atoms with van der Waals surface area (Å²) >= 11 is 11.9. The normalized spacial score (nSPS) is 11.7. The smallest absolute Gasteiger partial charge is 0.217 e. The lowest BCUT2D eigenvalue weighted by Crippen LogP contribution is -2.23. The van der Waals surface area contributed by atoms with Crippen LogP contribution in [0.1, 0.15) is 35.8 Å². The van der Waals surface area contributed by atoms with E-state index < -0.39 is 0 Å². The number of halogens is 2. The summed E-state index contributed by atoms with van der Waals surface area (Å²) in [6.45, 7) is 3.20. The van der Waals surface area contributed by atoms with Crippen LogP contribution in [0, 0.1) is 0 Å². The molecule has 0 unspecified atom stereocenters. The Labute approximate surface area is 150 Å².